The van der Waals surface area contributed by atoms with Gasteiger partial charge in [-0.3, -0.25) is 14.9 Å². The molecule has 28 heavy (non-hydrogen) atoms. The lowest BCUT2D eigenvalue weighted by Gasteiger charge is -2.16. The van der Waals surface area contributed by atoms with E-state index in [0.29, 0.717) is 6.54 Å². The van der Waals surface area contributed by atoms with E-state index in [-0.39, 0.29) is 11.1 Å². The van der Waals surface area contributed by atoms with Gasteiger partial charge >= 0.3 is 11.9 Å². The van der Waals surface area contributed by atoms with Gasteiger partial charge in [0.05, 0.1) is 29.7 Å². The summed E-state index contributed by atoms with van der Waals surface area (Å²) in [4.78, 5) is 48.7. The summed E-state index contributed by atoms with van der Waals surface area (Å²) in [6.07, 6.45) is 0. The van der Waals surface area contributed by atoms with Crippen LogP contribution < -0.4 is 0 Å². The van der Waals surface area contributed by atoms with Gasteiger partial charge < -0.3 is 14.4 Å². The number of non-ortho nitro benzene ring substituents is 1. The number of aryl methyl sites for hydroxylation is 1. The highest BCUT2D eigenvalue weighted by molar-refractivity contribution is 7.10. The third-order valence-corrected chi connectivity index (χ3v) is 4.89. The molecule has 2 aromatic rings. The third-order valence-electron chi connectivity index (χ3n) is 3.89. The maximum Gasteiger partial charge on any atom is 0.338 e. The van der Waals surface area contributed by atoms with Crippen LogP contribution in [0.3, 0.4) is 0 Å². The molecule has 0 radical (unpaired) electrons. The van der Waals surface area contributed by atoms with Crippen molar-refractivity contribution >= 4 is 34.9 Å². The minimum Gasteiger partial charge on any atom is -0.465 e. The number of hydrogen-bond donors (Lipinski definition) is 0. The number of hydrogen-bond acceptors (Lipinski definition) is 8. The number of methoxy groups -OCH3 is 1. The Morgan fingerprint density at radius 1 is 1.18 bits per heavy atom. The lowest BCUT2D eigenvalue weighted by Crippen LogP contribution is -2.30. The number of thiophene rings is 1. The monoisotopic (exact) mass is 406 g/mol. The number of ether oxygens (including phenoxy) is 2. The number of nitro groups is 1. The van der Waals surface area contributed by atoms with Crippen LogP contribution in [0.15, 0.2) is 29.6 Å². The lowest BCUT2D eigenvalue weighted by molar-refractivity contribution is -0.384. The van der Waals surface area contributed by atoms with Crippen LogP contribution in [0.2, 0.25) is 0 Å². The number of rotatable bonds is 7. The van der Waals surface area contributed by atoms with E-state index < -0.39 is 35.1 Å². The predicted octanol–water partition coefficient (Wildman–Crippen LogP) is 2.57. The summed E-state index contributed by atoms with van der Waals surface area (Å²) in [6.45, 7) is 1.78. The maximum atomic E-state index is 12.2. The molecule has 0 atom stereocenters. The Morgan fingerprint density at radius 3 is 2.36 bits per heavy atom. The molecular weight excluding hydrogens is 388 g/mol. The Bertz CT molecular complexity index is 922. The third kappa shape index (κ3) is 5.13. The van der Waals surface area contributed by atoms with E-state index >= 15 is 0 Å². The van der Waals surface area contributed by atoms with Gasteiger partial charge in [0, 0.05) is 24.1 Å². The van der Waals surface area contributed by atoms with E-state index in [0.717, 1.165) is 35.7 Å². The fourth-order valence-corrected chi connectivity index (χ4v) is 3.22. The molecule has 0 unspecified atom stereocenters. The number of esters is 2. The van der Waals surface area contributed by atoms with E-state index in [9.17, 15) is 24.5 Å². The maximum absolute atomic E-state index is 12.2. The molecule has 0 saturated carbocycles. The molecule has 1 aromatic carbocycles. The summed E-state index contributed by atoms with van der Waals surface area (Å²) in [6, 6.07) is 5.02. The van der Waals surface area contributed by atoms with Gasteiger partial charge in [-0.05, 0) is 30.0 Å². The molecule has 0 aliphatic rings. The number of nitrogens with zero attached hydrogens (tertiary/aromatic N) is 2. The topological polar surface area (TPSA) is 116 Å². The Hall–Kier alpha value is -3.27. The molecule has 0 aliphatic carbocycles. The fraction of sp³-hybridized carbons (Fsp3) is 0.278. The Morgan fingerprint density at radius 2 is 1.82 bits per heavy atom. The van der Waals surface area contributed by atoms with E-state index in [1.54, 1.807) is 7.05 Å². The highest BCUT2D eigenvalue weighted by atomic mass is 32.1. The minimum absolute atomic E-state index is 0.166. The first-order valence-electron chi connectivity index (χ1n) is 8.04. The minimum atomic E-state index is -0.956. The predicted molar refractivity (Wildman–Crippen MR) is 100 cm³/mol. The van der Waals surface area contributed by atoms with Gasteiger partial charge in [0.1, 0.15) is 0 Å². The van der Waals surface area contributed by atoms with Gasteiger partial charge in [-0.1, -0.05) is 0 Å². The summed E-state index contributed by atoms with van der Waals surface area (Å²) >= 11 is 1.52. The van der Waals surface area contributed by atoms with Crippen LogP contribution in [0.25, 0.3) is 0 Å². The second kappa shape index (κ2) is 9.09. The highest BCUT2D eigenvalue weighted by Gasteiger charge is 2.20. The quantitative estimate of drug-likeness (QED) is 0.394. The number of carbonyl (C=O) groups is 3. The van der Waals surface area contributed by atoms with Crippen LogP contribution in [0, 0.1) is 17.0 Å². The first-order chi connectivity index (χ1) is 13.2. The van der Waals surface area contributed by atoms with Gasteiger partial charge in [-0.2, -0.15) is 0 Å². The molecule has 2 rings (SSSR count). The Kier molecular flexibility index (Phi) is 6.83. The van der Waals surface area contributed by atoms with Crippen LogP contribution in [0.1, 0.15) is 31.2 Å². The zero-order valence-corrected chi connectivity index (χ0v) is 16.3. The van der Waals surface area contributed by atoms with E-state index in [4.69, 9.17) is 4.74 Å². The van der Waals surface area contributed by atoms with Crippen molar-refractivity contribution in [2.75, 3.05) is 20.8 Å². The van der Waals surface area contributed by atoms with Crippen molar-refractivity contribution in [2.45, 2.75) is 13.5 Å². The Labute approximate surface area is 164 Å². The lowest BCUT2D eigenvalue weighted by atomic mass is 10.1. The molecular formula is C18H18N2O7S. The number of benzene rings is 1. The molecule has 1 amide bonds. The standard InChI is InChI=1S/C18H18N2O7S/c1-11-4-5-28-15(11)9-19(2)16(21)10-27-18(23)13-6-12(17(22)26-3)7-14(8-13)20(24)25/h4-8H,9-10H2,1-3H3. The van der Waals surface area contributed by atoms with Crippen molar-refractivity contribution in [3.8, 4) is 0 Å². The summed E-state index contributed by atoms with van der Waals surface area (Å²) in [7, 11) is 2.70. The molecule has 1 heterocycles. The zero-order chi connectivity index (χ0) is 20.8. The van der Waals surface area contributed by atoms with Gasteiger partial charge in [-0.15, -0.1) is 11.3 Å². The number of likely N-dealkylation sites (N-methyl/N-ethyl adjacent to an activating group) is 1. The fourth-order valence-electron chi connectivity index (χ4n) is 2.26. The van der Waals surface area contributed by atoms with Crippen LogP contribution in [-0.4, -0.2) is 48.4 Å². The summed E-state index contributed by atoms with van der Waals surface area (Å²) < 4.78 is 9.48. The SMILES string of the molecule is COC(=O)c1cc(C(=O)OCC(=O)N(C)Cc2sccc2C)cc([N+](=O)[O-])c1. The normalized spacial score (nSPS) is 10.2. The molecule has 0 spiro atoms. The van der Waals surface area contributed by atoms with Gasteiger partial charge in [0.15, 0.2) is 6.61 Å². The number of carbonyl (C=O) groups excluding carboxylic acids is 3. The second-order valence-electron chi connectivity index (χ2n) is 5.87. The van der Waals surface area contributed by atoms with Gasteiger partial charge in [-0.25, -0.2) is 9.59 Å². The van der Waals surface area contributed by atoms with E-state index in [1.807, 2.05) is 18.4 Å². The molecule has 9 nitrogen and oxygen atoms in total. The van der Waals surface area contributed by atoms with Crippen molar-refractivity contribution in [3.63, 3.8) is 0 Å². The molecule has 0 N–H and O–H groups in total. The molecule has 1 aromatic heterocycles. The van der Waals surface area contributed by atoms with Gasteiger partial charge in [0.25, 0.3) is 11.6 Å². The highest BCUT2D eigenvalue weighted by Crippen LogP contribution is 2.19. The van der Waals surface area contributed by atoms with Crippen LogP contribution >= 0.6 is 11.3 Å². The van der Waals surface area contributed by atoms with Crippen molar-refractivity contribution in [1.82, 2.24) is 4.90 Å². The molecule has 148 valence electrons. The Balaban J connectivity index is 2.06. The van der Waals surface area contributed by atoms with E-state index in [1.165, 1.54) is 16.2 Å². The average Bonchev–Trinajstić information content (AvgIpc) is 3.08. The summed E-state index contributed by atoms with van der Waals surface area (Å²) in [5.41, 5.74) is 0.208. The van der Waals surface area contributed by atoms with Crippen molar-refractivity contribution in [2.24, 2.45) is 0 Å². The molecule has 0 saturated heterocycles. The first kappa shape index (κ1) is 21.0. The van der Waals surface area contributed by atoms with Crippen molar-refractivity contribution in [1.29, 1.82) is 0 Å². The number of amides is 1. The summed E-state index contributed by atoms with van der Waals surface area (Å²) in [5.74, 6) is -2.22. The van der Waals surface area contributed by atoms with Crippen LogP contribution in [0.5, 0.6) is 0 Å². The number of nitro benzene ring substituents is 1. The largest absolute Gasteiger partial charge is 0.465 e. The molecule has 0 aliphatic heterocycles. The van der Waals surface area contributed by atoms with Crippen LogP contribution in [-0.2, 0) is 20.8 Å². The van der Waals surface area contributed by atoms with Crippen molar-refractivity contribution in [3.05, 3.63) is 61.3 Å². The van der Waals surface area contributed by atoms with E-state index in [2.05, 4.69) is 4.74 Å². The van der Waals surface area contributed by atoms with Gasteiger partial charge in [0.2, 0.25) is 0 Å². The average molecular weight is 406 g/mol. The smallest absolute Gasteiger partial charge is 0.338 e. The molecule has 0 fully saturated rings. The summed E-state index contributed by atoms with van der Waals surface area (Å²) in [5, 5.41) is 12.9. The molecule has 0 bridgehead atoms. The van der Waals surface area contributed by atoms with Crippen LogP contribution in [0.4, 0.5) is 5.69 Å². The zero-order valence-electron chi connectivity index (χ0n) is 15.5. The second-order valence-corrected chi connectivity index (χ2v) is 6.87. The van der Waals surface area contributed by atoms with Crippen molar-refractivity contribution < 1.29 is 28.8 Å². The molecule has 10 heteroatoms. The first-order valence-corrected chi connectivity index (χ1v) is 8.92.